The molecule has 6 heteroatoms. The average Bonchev–Trinajstić information content (AvgIpc) is 2.61. The van der Waals surface area contributed by atoms with Crippen LogP contribution in [0.4, 0.5) is 17.1 Å². The lowest BCUT2D eigenvalue weighted by molar-refractivity contribution is -0.118. The zero-order chi connectivity index (χ0) is 19.5. The van der Waals surface area contributed by atoms with Gasteiger partial charge >= 0.3 is 0 Å². The maximum atomic E-state index is 12.8. The molecule has 1 atom stereocenters. The van der Waals surface area contributed by atoms with Crippen LogP contribution in [-0.4, -0.2) is 16.9 Å². The van der Waals surface area contributed by atoms with E-state index < -0.39 is 10.9 Å². The highest BCUT2D eigenvalue weighted by Gasteiger charge is 2.33. The molecule has 140 valence electrons. The van der Waals surface area contributed by atoms with Gasteiger partial charge in [0, 0.05) is 24.9 Å². The van der Waals surface area contributed by atoms with Gasteiger partial charge in [0.2, 0.25) is 5.91 Å². The summed E-state index contributed by atoms with van der Waals surface area (Å²) in [7, 11) is 0. The molecule has 1 heterocycles. The highest BCUT2D eigenvalue weighted by Crippen LogP contribution is 2.32. The molecule has 0 saturated carbocycles. The predicted octanol–water partition coefficient (Wildman–Crippen LogP) is 3.38. The van der Waals surface area contributed by atoms with Crippen LogP contribution in [0.3, 0.4) is 0 Å². The quantitative estimate of drug-likeness (QED) is 0.769. The first-order valence-corrected chi connectivity index (χ1v) is 9.01. The molecule has 0 saturated heterocycles. The molecular formula is C20H27N3O3. The Balaban J connectivity index is 2.46. The monoisotopic (exact) mass is 357 g/mol. The minimum Gasteiger partial charge on any atom is -0.377 e. The van der Waals surface area contributed by atoms with Crippen molar-refractivity contribution in [2.45, 2.75) is 59.9 Å². The van der Waals surface area contributed by atoms with E-state index >= 15 is 0 Å². The van der Waals surface area contributed by atoms with E-state index in [1.165, 1.54) is 4.90 Å². The molecule has 1 aromatic heterocycles. The second-order valence-corrected chi connectivity index (χ2v) is 7.65. The minimum atomic E-state index is -0.629. The van der Waals surface area contributed by atoms with Gasteiger partial charge in [-0.05, 0) is 30.9 Å². The molecule has 0 radical (unpaired) electrons. The van der Waals surface area contributed by atoms with Crippen molar-refractivity contribution in [1.29, 1.82) is 0 Å². The van der Waals surface area contributed by atoms with Crippen LogP contribution in [0, 0.1) is 5.41 Å². The summed E-state index contributed by atoms with van der Waals surface area (Å²) in [6.45, 7) is 10.1. The molecule has 26 heavy (non-hydrogen) atoms. The first-order chi connectivity index (χ1) is 12.2. The van der Waals surface area contributed by atoms with Gasteiger partial charge in [0.25, 0.3) is 10.9 Å². The smallest absolute Gasteiger partial charge is 0.254 e. The molecule has 1 aromatic carbocycles. The van der Waals surface area contributed by atoms with Crippen molar-refractivity contribution in [3.8, 4) is 0 Å². The summed E-state index contributed by atoms with van der Waals surface area (Å²) in [4.78, 5) is 42.6. The number of rotatable bonds is 7. The van der Waals surface area contributed by atoms with Gasteiger partial charge < -0.3 is 5.32 Å². The molecule has 1 N–H and O–H groups in total. The Bertz CT molecular complexity index is 830. The second-order valence-electron chi connectivity index (χ2n) is 7.65. The molecule has 6 nitrogen and oxygen atoms in total. The lowest BCUT2D eigenvalue weighted by Gasteiger charge is -2.32. The van der Waals surface area contributed by atoms with E-state index in [1.807, 2.05) is 34.6 Å². The van der Waals surface area contributed by atoms with Crippen LogP contribution in [0.5, 0.6) is 0 Å². The zero-order valence-corrected chi connectivity index (χ0v) is 16.1. The summed E-state index contributed by atoms with van der Waals surface area (Å²) in [6.07, 6.45) is 5.02. The van der Waals surface area contributed by atoms with Crippen LogP contribution in [0.25, 0.3) is 0 Å². The van der Waals surface area contributed by atoms with Crippen molar-refractivity contribution >= 4 is 23.0 Å². The van der Waals surface area contributed by atoms with Gasteiger partial charge in [0.1, 0.15) is 11.4 Å². The van der Waals surface area contributed by atoms with Gasteiger partial charge in [-0.25, -0.2) is 0 Å². The summed E-state index contributed by atoms with van der Waals surface area (Å²) in [6, 6.07) is 3.28. The first-order valence-electron chi connectivity index (χ1n) is 9.01. The SMILES string of the molecule is CCCCC(=O)N(c1ccncc1)c1c(N[C@H](C)C(C)(C)C)c(=O)c1=O. The lowest BCUT2D eigenvalue weighted by Crippen LogP contribution is -2.45. The van der Waals surface area contributed by atoms with Crippen LogP contribution in [0.15, 0.2) is 34.1 Å². The Morgan fingerprint density at radius 3 is 2.35 bits per heavy atom. The van der Waals surface area contributed by atoms with E-state index in [0.717, 1.165) is 12.8 Å². The third-order valence-electron chi connectivity index (χ3n) is 4.68. The van der Waals surface area contributed by atoms with Crippen molar-refractivity contribution in [3.05, 3.63) is 45.0 Å². The number of pyridine rings is 1. The number of nitrogens with zero attached hydrogens (tertiary/aromatic N) is 2. The van der Waals surface area contributed by atoms with Gasteiger partial charge in [-0.3, -0.25) is 24.3 Å². The molecule has 0 unspecified atom stereocenters. The molecule has 0 aliphatic carbocycles. The third kappa shape index (κ3) is 4.00. The van der Waals surface area contributed by atoms with E-state index in [4.69, 9.17) is 0 Å². The van der Waals surface area contributed by atoms with Gasteiger partial charge in [0.15, 0.2) is 0 Å². The Kier molecular flexibility index (Phi) is 5.95. The van der Waals surface area contributed by atoms with E-state index in [-0.39, 0.29) is 28.7 Å². The fraction of sp³-hybridized carbons (Fsp3) is 0.500. The average molecular weight is 357 g/mol. The van der Waals surface area contributed by atoms with Crippen molar-refractivity contribution < 1.29 is 4.79 Å². The highest BCUT2D eigenvalue weighted by molar-refractivity contribution is 6.04. The maximum absolute atomic E-state index is 12.8. The van der Waals surface area contributed by atoms with E-state index in [0.29, 0.717) is 12.1 Å². The molecule has 0 aliphatic heterocycles. The first kappa shape index (κ1) is 19.8. The number of aromatic nitrogens is 1. The van der Waals surface area contributed by atoms with Gasteiger partial charge in [-0.1, -0.05) is 34.1 Å². The maximum Gasteiger partial charge on any atom is 0.254 e. The predicted molar refractivity (Wildman–Crippen MR) is 105 cm³/mol. The zero-order valence-electron chi connectivity index (χ0n) is 16.1. The van der Waals surface area contributed by atoms with Crippen molar-refractivity contribution in [1.82, 2.24) is 4.98 Å². The van der Waals surface area contributed by atoms with Crippen LogP contribution in [0.2, 0.25) is 0 Å². The number of anilines is 3. The van der Waals surface area contributed by atoms with Gasteiger partial charge in [-0.2, -0.15) is 0 Å². The topological polar surface area (TPSA) is 79.4 Å². The van der Waals surface area contributed by atoms with E-state index in [9.17, 15) is 14.4 Å². The largest absolute Gasteiger partial charge is 0.377 e. The molecule has 0 fully saturated rings. The molecule has 0 bridgehead atoms. The molecule has 0 aliphatic rings. The van der Waals surface area contributed by atoms with Crippen LogP contribution >= 0.6 is 0 Å². The number of nitrogens with one attached hydrogen (secondary N) is 1. The van der Waals surface area contributed by atoms with Crippen LogP contribution in [0.1, 0.15) is 53.9 Å². The molecular weight excluding hydrogens is 330 g/mol. The molecule has 0 spiro atoms. The Hall–Kier alpha value is -2.50. The summed E-state index contributed by atoms with van der Waals surface area (Å²) in [5.74, 6) is -0.198. The highest BCUT2D eigenvalue weighted by atomic mass is 16.2. The Labute approximate surface area is 153 Å². The van der Waals surface area contributed by atoms with Crippen molar-refractivity contribution in [2.24, 2.45) is 5.41 Å². The van der Waals surface area contributed by atoms with E-state index in [2.05, 4.69) is 10.3 Å². The number of carbonyl (C=O) groups is 1. The van der Waals surface area contributed by atoms with Gasteiger partial charge in [-0.15, -0.1) is 0 Å². The molecule has 1 amide bonds. The minimum absolute atomic E-state index is 0.0467. The lowest BCUT2D eigenvalue weighted by atomic mass is 9.87. The number of amides is 1. The second kappa shape index (κ2) is 7.81. The summed E-state index contributed by atoms with van der Waals surface area (Å²) < 4.78 is 0. The van der Waals surface area contributed by atoms with Gasteiger partial charge in [0.05, 0.1) is 5.69 Å². The Morgan fingerprint density at radius 2 is 1.81 bits per heavy atom. The summed E-state index contributed by atoms with van der Waals surface area (Å²) >= 11 is 0. The number of unbranched alkanes of at least 4 members (excludes halogenated alkanes) is 1. The third-order valence-corrected chi connectivity index (χ3v) is 4.68. The van der Waals surface area contributed by atoms with E-state index in [1.54, 1.807) is 24.5 Å². The van der Waals surface area contributed by atoms with Crippen LogP contribution in [-0.2, 0) is 4.79 Å². The number of hydrogen-bond donors (Lipinski definition) is 1. The fourth-order valence-electron chi connectivity index (χ4n) is 2.49. The van der Waals surface area contributed by atoms with Crippen molar-refractivity contribution in [2.75, 3.05) is 10.2 Å². The summed E-state index contributed by atoms with van der Waals surface area (Å²) in [5.41, 5.74) is -0.407. The standard InChI is InChI=1S/C20H27N3O3/c1-6-7-8-15(24)23(14-9-11-21-12-10-14)17-16(18(25)19(17)26)22-13(2)20(3,4)5/h9-13,22H,6-8H2,1-5H3/t13-/m1/s1. The molecule has 2 aromatic rings. The summed E-state index contributed by atoms with van der Waals surface area (Å²) in [5, 5.41) is 3.15. The molecule has 2 rings (SSSR count). The fourth-order valence-corrected chi connectivity index (χ4v) is 2.49. The van der Waals surface area contributed by atoms with Crippen molar-refractivity contribution in [3.63, 3.8) is 0 Å². The normalized spacial score (nSPS) is 12.8. The Morgan fingerprint density at radius 1 is 1.19 bits per heavy atom. The van der Waals surface area contributed by atoms with Crippen LogP contribution < -0.4 is 21.1 Å². The number of hydrogen-bond acceptors (Lipinski definition) is 5. The number of carbonyl (C=O) groups excluding carboxylic acids is 1.